The van der Waals surface area contributed by atoms with Gasteiger partial charge in [0.05, 0.1) is 10.6 Å². The van der Waals surface area contributed by atoms with Crippen LogP contribution in [0, 0.1) is 12.7 Å². The summed E-state index contributed by atoms with van der Waals surface area (Å²) in [6.07, 6.45) is 0. The molecule has 0 saturated heterocycles. The van der Waals surface area contributed by atoms with E-state index >= 15 is 0 Å². The Morgan fingerprint density at radius 3 is 2.70 bits per heavy atom. The van der Waals surface area contributed by atoms with Gasteiger partial charge in [0.2, 0.25) is 10.0 Å². The molecule has 0 aliphatic rings. The molecule has 4 nitrogen and oxygen atoms in total. The minimum absolute atomic E-state index is 0.00141. The van der Waals surface area contributed by atoms with E-state index in [0.717, 1.165) is 17.7 Å². The summed E-state index contributed by atoms with van der Waals surface area (Å²) in [6, 6.07) is 3.76. The molecule has 20 heavy (non-hydrogen) atoms. The number of anilines is 1. The number of nitrogens with one attached hydrogen (secondary N) is 1. The van der Waals surface area contributed by atoms with Gasteiger partial charge in [0, 0.05) is 6.04 Å². The monoisotopic (exact) mass is 314 g/mol. The first-order valence-electron chi connectivity index (χ1n) is 5.91. The van der Waals surface area contributed by atoms with Crippen LogP contribution in [-0.4, -0.2) is 8.42 Å². The Morgan fingerprint density at radius 1 is 1.40 bits per heavy atom. The molecular weight excluding hydrogens is 299 g/mol. The van der Waals surface area contributed by atoms with Crippen LogP contribution in [0.1, 0.15) is 24.1 Å². The van der Waals surface area contributed by atoms with E-state index < -0.39 is 15.8 Å². The van der Waals surface area contributed by atoms with Crippen LogP contribution < -0.4 is 10.5 Å². The van der Waals surface area contributed by atoms with Crippen LogP contribution in [0.25, 0.3) is 0 Å². The van der Waals surface area contributed by atoms with Crippen molar-refractivity contribution in [3.63, 3.8) is 0 Å². The zero-order valence-electron chi connectivity index (χ0n) is 11.1. The van der Waals surface area contributed by atoms with E-state index in [9.17, 15) is 12.8 Å². The van der Waals surface area contributed by atoms with Gasteiger partial charge in [-0.05, 0) is 53.9 Å². The molecule has 1 heterocycles. The third-order valence-corrected chi connectivity index (χ3v) is 5.34. The van der Waals surface area contributed by atoms with Gasteiger partial charge in [0.1, 0.15) is 5.82 Å². The first-order valence-corrected chi connectivity index (χ1v) is 8.34. The van der Waals surface area contributed by atoms with Gasteiger partial charge in [-0.3, -0.25) is 0 Å². The standard InChI is InChI=1S/C13H15FN2O2S2/c1-8-5-11(14)12(15)6-13(8)20(17,18)16-9(2)10-3-4-19-7-10/h3-7,9,16H,15H2,1-2H3. The third kappa shape index (κ3) is 3.00. The topological polar surface area (TPSA) is 72.2 Å². The molecule has 108 valence electrons. The highest BCUT2D eigenvalue weighted by molar-refractivity contribution is 7.89. The molecule has 0 radical (unpaired) electrons. The Bertz CT molecular complexity index is 712. The van der Waals surface area contributed by atoms with E-state index in [1.54, 1.807) is 6.92 Å². The molecule has 0 amide bonds. The molecule has 1 atom stereocenters. The van der Waals surface area contributed by atoms with E-state index in [0.29, 0.717) is 5.56 Å². The number of halogens is 1. The van der Waals surface area contributed by atoms with Crippen molar-refractivity contribution < 1.29 is 12.8 Å². The van der Waals surface area contributed by atoms with E-state index in [-0.39, 0.29) is 16.6 Å². The summed E-state index contributed by atoms with van der Waals surface area (Å²) < 4.78 is 40.5. The number of benzene rings is 1. The van der Waals surface area contributed by atoms with Crippen LogP contribution in [0.15, 0.2) is 33.9 Å². The second-order valence-electron chi connectivity index (χ2n) is 4.54. The van der Waals surface area contributed by atoms with Gasteiger partial charge in [0.15, 0.2) is 0 Å². The molecule has 2 aromatic rings. The number of nitrogens with two attached hydrogens (primary N) is 1. The van der Waals surface area contributed by atoms with Crippen molar-refractivity contribution in [2.45, 2.75) is 24.8 Å². The van der Waals surface area contributed by atoms with Gasteiger partial charge in [-0.1, -0.05) is 0 Å². The highest BCUT2D eigenvalue weighted by Crippen LogP contribution is 2.24. The zero-order chi connectivity index (χ0) is 14.9. The van der Waals surface area contributed by atoms with Gasteiger partial charge < -0.3 is 5.73 Å². The second-order valence-corrected chi connectivity index (χ2v) is 7.00. The van der Waals surface area contributed by atoms with E-state index in [2.05, 4.69) is 4.72 Å². The van der Waals surface area contributed by atoms with E-state index in [1.807, 2.05) is 16.8 Å². The smallest absolute Gasteiger partial charge is 0.241 e. The minimum atomic E-state index is -3.75. The normalized spacial score (nSPS) is 13.3. The van der Waals surface area contributed by atoms with Gasteiger partial charge in [-0.15, -0.1) is 0 Å². The van der Waals surface area contributed by atoms with E-state index in [1.165, 1.54) is 18.3 Å². The summed E-state index contributed by atoms with van der Waals surface area (Å²) in [5.74, 6) is -0.618. The SMILES string of the molecule is Cc1cc(F)c(N)cc1S(=O)(=O)NC(C)c1ccsc1. The quantitative estimate of drug-likeness (QED) is 0.852. The van der Waals surface area contributed by atoms with Crippen LogP contribution in [0.5, 0.6) is 0 Å². The van der Waals surface area contributed by atoms with Crippen molar-refractivity contribution in [1.29, 1.82) is 0 Å². The average molecular weight is 314 g/mol. The van der Waals surface area contributed by atoms with Crippen LogP contribution in [-0.2, 0) is 10.0 Å². The second kappa shape index (κ2) is 5.51. The van der Waals surface area contributed by atoms with Crippen molar-refractivity contribution in [2.24, 2.45) is 0 Å². The molecule has 0 saturated carbocycles. The summed E-state index contributed by atoms with van der Waals surface area (Å²) in [4.78, 5) is -0.00141. The number of hydrogen-bond acceptors (Lipinski definition) is 4. The summed E-state index contributed by atoms with van der Waals surface area (Å²) in [5.41, 5.74) is 6.47. The molecule has 0 spiro atoms. The van der Waals surface area contributed by atoms with Crippen LogP contribution >= 0.6 is 11.3 Å². The molecule has 7 heteroatoms. The fraction of sp³-hybridized carbons (Fsp3) is 0.231. The lowest BCUT2D eigenvalue weighted by Crippen LogP contribution is -2.27. The molecule has 0 bridgehead atoms. The molecule has 0 fully saturated rings. The van der Waals surface area contributed by atoms with Crippen molar-refractivity contribution in [3.05, 3.63) is 45.9 Å². The largest absolute Gasteiger partial charge is 0.396 e. The van der Waals surface area contributed by atoms with Crippen LogP contribution in [0.2, 0.25) is 0 Å². The molecule has 1 aromatic carbocycles. The van der Waals surface area contributed by atoms with Crippen molar-refractivity contribution in [1.82, 2.24) is 4.72 Å². The maximum absolute atomic E-state index is 13.3. The minimum Gasteiger partial charge on any atom is -0.396 e. The predicted molar refractivity (Wildman–Crippen MR) is 78.6 cm³/mol. The van der Waals surface area contributed by atoms with E-state index in [4.69, 9.17) is 5.73 Å². The third-order valence-electron chi connectivity index (χ3n) is 2.96. The lowest BCUT2D eigenvalue weighted by atomic mass is 10.2. The first-order chi connectivity index (χ1) is 9.31. The maximum Gasteiger partial charge on any atom is 0.241 e. The summed E-state index contributed by atoms with van der Waals surface area (Å²) >= 11 is 1.49. The number of hydrogen-bond donors (Lipinski definition) is 2. The molecule has 2 rings (SSSR count). The van der Waals surface area contributed by atoms with Crippen LogP contribution in [0.3, 0.4) is 0 Å². The number of rotatable bonds is 4. The highest BCUT2D eigenvalue weighted by atomic mass is 32.2. The van der Waals surface area contributed by atoms with Gasteiger partial charge in [-0.25, -0.2) is 17.5 Å². The zero-order valence-corrected chi connectivity index (χ0v) is 12.7. The van der Waals surface area contributed by atoms with Gasteiger partial charge in [-0.2, -0.15) is 11.3 Å². The van der Waals surface area contributed by atoms with Crippen molar-refractivity contribution in [2.75, 3.05) is 5.73 Å². The number of aryl methyl sites for hydroxylation is 1. The number of nitrogen functional groups attached to an aromatic ring is 1. The Hall–Kier alpha value is -1.44. The fourth-order valence-electron chi connectivity index (χ4n) is 1.84. The molecule has 0 aliphatic heterocycles. The molecule has 3 N–H and O–H groups in total. The molecule has 1 unspecified atom stereocenters. The number of sulfonamides is 1. The maximum atomic E-state index is 13.3. The molecule has 0 aliphatic carbocycles. The van der Waals surface area contributed by atoms with Gasteiger partial charge in [0.25, 0.3) is 0 Å². The lowest BCUT2D eigenvalue weighted by molar-refractivity contribution is 0.566. The van der Waals surface area contributed by atoms with Gasteiger partial charge >= 0.3 is 0 Å². The molecule has 1 aromatic heterocycles. The Labute approximate surface area is 121 Å². The number of thiophene rings is 1. The Balaban J connectivity index is 2.34. The lowest BCUT2D eigenvalue weighted by Gasteiger charge is -2.15. The summed E-state index contributed by atoms with van der Waals surface area (Å²) in [6.45, 7) is 3.29. The Morgan fingerprint density at radius 2 is 2.10 bits per heavy atom. The highest BCUT2D eigenvalue weighted by Gasteiger charge is 2.22. The van der Waals surface area contributed by atoms with Crippen molar-refractivity contribution >= 4 is 27.0 Å². The summed E-state index contributed by atoms with van der Waals surface area (Å²) in [5, 5.41) is 3.75. The summed E-state index contributed by atoms with van der Waals surface area (Å²) in [7, 11) is -3.75. The fourth-order valence-corrected chi connectivity index (χ4v) is 4.09. The first kappa shape index (κ1) is 15.0. The Kier molecular flexibility index (Phi) is 4.12. The van der Waals surface area contributed by atoms with Crippen LogP contribution in [0.4, 0.5) is 10.1 Å². The average Bonchev–Trinajstić information content (AvgIpc) is 2.86. The van der Waals surface area contributed by atoms with Crippen molar-refractivity contribution in [3.8, 4) is 0 Å². The predicted octanol–water partition coefficient (Wildman–Crippen LogP) is 2.82. The molecular formula is C13H15FN2O2S2.